The van der Waals surface area contributed by atoms with Gasteiger partial charge in [-0.3, -0.25) is 9.59 Å². The Morgan fingerprint density at radius 2 is 1.60 bits per heavy atom. The number of carbonyl (C=O) groups excluding carboxylic acids is 3. The number of hydrogen-bond donors (Lipinski definition) is 2. The van der Waals surface area contributed by atoms with E-state index in [0.29, 0.717) is 0 Å². The van der Waals surface area contributed by atoms with Crippen molar-refractivity contribution in [3.63, 3.8) is 0 Å². The van der Waals surface area contributed by atoms with Gasteiger partial charge in [0.2, 0.25) is 11.8 Å². The summed E-state index contributed by atoms with van der Waals surface area (Å²) in [6.45, 7) is 13.6. The number of benzene rings is 2. The van der Waals surface area contributed by atoms with Crippen LogP contribution in [0.5, 0.6) is 0 Å². The second-order valence-corrected chi connectivity index (χ2v) is 12.1. The first-order chi connectivity index (χ1) is 18.9. The van der Waals surface area contributed by atoms with E-state index in [4.69, 9.17) is 4.74 Å². The first-order valence-corrected chi connectivity index (χ1v) is 14.7. The number of carbonyl (C=O) groups is 3. The minimum atomic E-state index is -0.900. The van der Waals surface area contributed by atoms with Crippen LogP contribution in [0.3, 0.4) is 0 Å². The summed E-state index contributed by atoms with van der Waals surface area (Å²) in [7, 11) is 0. The van der Waals surface area contributed by atoms with E-state index >= 15 is 0 Å². The normalized spacial score (nSPS) is 18.7. The maximum atomic E-state index is 14.5. The minimum Gasteiger partial charge on any atom is -0.444 e. The van der Waals surface area contributed by atoms with Gasteiger partial charge in [-0.2, -0.15) is 0 Å². The predicted molar refractivity (Wildman–Crippen MR) is 159 cm³/mol. The van der Waals surface area contributed by atoms with Crippen LogP contribution in [-0.4, -0.2) is 46.5 Å². The summed E-state index contributed by atoms with van der Waals surface area (Å²) in [6.07, 6.45) is 3.10. The monoisotopic (exact) mass is 549 g/mol. The third-order valence-electron chi connectivity index (χ3n) is 7.29. The fraction of sp³-hybridized carbons (Fsp3) is 0.545. The predicted octanol–water partition coefficient (Wildman–Crippen LogP) is 5.97. The number of hydrogen-bond acceptors (Lipinski definition) is 4. The van der Waals surface area contributed by atoms with Crippen molar-refractivity contribution in [2.75, 3.05) is 0 Å². The lowest BCUT2D eigenvalue weighted by Crippen LogP contribution is -2.55. The van der Waals surface area contributed by atoms with Crippen LogP contribution in [0.2, 0.25) is 0 Å². The fourth-order valence-corrected chi connectivity index (χ4v) is 5.05. The van der Waals surface area contributed by atoms with Crippen molar-refractivity contribution in [3.8, 4) is 0 Å². The Bertz CT molecular complexity index is 1130. The average Bonchev–Trinajstić information content (AvgIpc) is 3.61. The molecular formula is C33H47N3O4. The number of amides is 3. The summed E-state index contributed by atoms with van der Waals surface area (Å²) in [4.78, 5) is 43.1. The van der Waals surface area contributed by atoms with E-state index in [-0.39, 0.29) is 36.2 Å². The van der Waals surface area contributed by atoms with Gasteiger partial charge in [-0.05, 0) is 69.6 Å². The van der Waals surface area contributed by atoms with Gasteiger partial charge < -0.3 is 20.3 Å². The highest BCUT2D eigenvalue weighted by Crippen LogP contribution is 2.41. The second-order valence-electron chi connectivity index (χ2n) is 12.1. The number of nitrogens with zero attached hydrogens (tertiary/aromatic N) is 1. The lowest BCUT2D eigenvalue weighted by molar-refractivity contribution is -0.143. The first-order valence-electron chi connectivity index (χ1n) is 14.7. The van der Waals surface area contributed by atoms with Gasteiger partial charge in [-0.1, -0.05) is 81.8 Å². The number of ether oxygens (including phenoxy) is 1. The first kappa shape index (κ1) is 31.2. The minimum absolute atomic E-state index is 0.0245. The van der Waals surface area contributed by atoms with E-state index in [0.717, 1.165) is 42.4 Å². The maximum absolute atomic E-state index is 14.5. The molecule has 0 saturated heterocycles. The van der Waals surface area contributed by atoms with E-state index in [2.05, 4.69) is 31.4 Å². The summed E-state index contributed by atoms with van der Waals surface area (Å²) in [6, 6.07) is 15.7. The molecule has 2 aromatic carbocycles. The van der Waals surface area contributed by atoms with Crippen LogP contribution in [0.15, 0.2) is 54.6 Å². The molecule has 7 heteroatoms. The second kappa shape index (κ2) is 13.8. The Kier molecular flexibility index (Phi) is 10.8. The fourth-order valence-electron chi connectivity index (χ4n) is 5.05. The molecule has 0 aliphatic heterocycles. The molecule has 5 unspecified atom stereocenters. The third kappa shape index (κ3) is 8.83. The highest BCUT2D eigenvalue weighted by molar-refractivity contribution is 5.93. The lowest BCUT2D eigenvalue weighted by Gasteiger charge is -2.35. The molecule has 3 amide bonds. The van der Waals surface area contributed by atoms with E-state index in [1.807, 2.05) is 61.5 Å². The van der Waals surface area contributed by atoms with Crippen LogP contribution in [0.1, 0.15) is 90.5 Å². The maximum Gasteiger partial charge on any atom is 0.408 e. The SMILES string of the molecule is CCCC(C)NC(=O)C(c1ccc(CC)cc1)N(C(=O)C(Cc1ccccc1)NC(=O)OC(C)(C)C)C1CC1C. The Morgan fingerprint density at radius 3 is 2.12 bits per heavy atom. The molecule has 0 aromatic heterocycles. The molecule has 1 fully saturated rings. The van der Waals surface area contributed by atoms with E-state index in [1.54, 1.807) is 25.7 Å². The molecule has 2 N–H and O–H groups in total. The number of alkyl carbamates (subject to hydrolysis) is 1. The van der Waals surface area contributed by atoms with E-state index < -0.39 is 23.8 Å². The Morgan fingerprint density at radius 1 is 0.975 bits per heavy atom. The molecule has 40 heavy (non-hydrogen) atoms. The zero-order valence-electron chi connectivity index (χ0n) is 25.2. The highest BCUT2D eigenvalue weighted by atomic mass is 16.6. The third-order valence-corrected chi connectivity index (χ3v) is 7.29. The van der Waals surface area contributed by atoms with Crippen LogP contribution < -0.4 is 10.6 Å². The van der Waals surface area contributed by atoms with Crippen molar-refractivity contribution in [2.45, 2.75) is 110 Å². The molecule has 1 saturated carbocycles. The summed E-state index contributed by atoms with van der Waals surface area (Å²) >= 11 is 0. The highest BCUT2D eigenvalue weighted by Gasteiger charge is 2.48. The molecule has 7 nitrogen and oxygen atoms in total. The summed E-state index contributed by atoms with van der Waals surface area (Å²) in [5.74, 6) is -0.235. The van der Waals surface area contributed by atoms with Crippen molar-refractivity contribution in [3.05, 3.63) is 71.3 Å². The quantitative estimate of drug-likeness (QED) is 0.342. The van der Waals surface area contributed by atoms with Crippen molar-refractivity contribution < 1.29 is 19.1 Å². The van der Waals surface area contributed by atoms with Crippen LogP contribution in [0, 0.1) is 5.92 Å². The smallest absolute Gasteiger partial charge is 0.408 e. The lowest BCUT2D eigenvalue weighted by atomic mass is 9.98. The Balaban J connectivity index is 2.03. The topological polar surface area (TPSA) is 87.7 Å². The van der Waals surface area contributed by atoms with Gasteiger partial charge in [0.25, 0.3) is 0 Å². The van der Waals surface area contributed by atoms with Crippen molar-refractivity contribution >= 4 is 17.9 Å². The van der Waals surface area contributed by atoms with Gasteiger partial charge >= 0.3 is 6.09 Å². The number of nitrogens with one attached hydrogen (secondary N) is 2. The van der Waals surface area contributed by atoms with Crippen molar-refractivity contribution in [1.82, 2.24) is 15.5 Å². The molecule has 1 aliphatic rings. The average molecular weight is 550 g/mol. The van der Waals surface area contributed by atoms with Gasteiger partial charge in [0.1, 0.15) is 17.7 Å². The summed E-state index contributed by atoms with van der Waals surface area (Å²) in [5.41, 5.74) is 2.12. The molecule has 3 rings (SSSR count). The number of rotatable bonds is 12. The van der Waals surface area contributed by atoms with Gasteiger partial charge in [0.05, 0.1) is 0 Å². The van der Waals surface area contributed by atoms with Gasteiger partial charge in [0.15, 0.2) is 0 Å². The Labute approximate surface area is 240 Å². The van der Waals surface area contributed by atoms with Crippen LogP contribution in [0.25, 0.3) is 0 Å². The van der Waals surface area contributed by atoms with Crippen molar-refractivity contribution in [1.29, 1.82) is 0 Å². The molecule has 2 aromatic rings. The van der Waals surface area contributed by atoms with Crippen LogP contribution in [-0.2, 0) is 27.2 Å². The van der Waals surface area contributed by atoms with Crippen molar-refractivity contribution in [2.24, 2.45) is 5.92 Å². The van der Waals surface area contributed by atoms with Gasteiger partial charge in [0, 0.05) is 18.5 Å². The molecule has 0 heterocycles. The molecule has 0 radical (unpaired) electrons. The Hall–Kier alpha value is -3.35. The number of aryl methyl sites for hydroxylation is 1. The molecule has 1 aliphatic carbocycles. The largest absolute Gasteiger partial charge is 0.444 e. The molecule has 218 valence electrons. The van der Waals surface area contributed by atoms with Gasteiger partial charge in [-0.15, -0.1) is 0 Å². The standard InChI is InChI=1S/C33H47N3O4/c1-8-13-23(4)34-30(37)29(26-18-16-24(9-2)17-19-26)36(28-20-22(28)3)31(38)27(21-25-14-11-10-12-15-25)35-32(39)40-33(5,6)7/h10-12,14-19,22-23,27-29H,8-9,13,20-21H2,1-7H3,(H,34,37)(H,35,39). The molecular weight excluding hydrogens is 502 g/mol. The molecule has 0 spiro atoms. The van der Waals surface area contributed by atoms with Crippen LogP contribution >= 0.6 is 0 Å². The van der Waals surface area contributed by atoms with E-state index in [9.17, 15) is 14.4 Å². The van der Waals surface area contributed by atoms with Crippen LogP contribution in [0.4, 0.5) is 4.79 Å². The summed E-state index contributed by atoms with van der Waals surface area (Å²) < 4.78 is 5.53. The van der Waals surface area contributed by atoms with E-state index in [1.165, 1.54) is 0 Å². The van der Waals surface area contributed by atoms with Gasteiger partial charge in [-0.25, -0.2) is 4.79 Å². The molecule has 0 bridgehead atoms. The zero-order chi connectivity index (χ0) is 29.4. The zero-order valence-corrected chi connectivity index (χ0v) is 25.2. The summed E-state index contributed by atoms with van der Waals surface area (Å²) in [5, 5.41) is 6.00. The molecule has 5 atom stereocenters.